The van der Waals surface area contributed by atoms with Gasteiger partial charge in [0.15, 0.2) is 0 Å². The summed E-state index contributed by atoms with van der Waals surface area (Å²) in [7, 11) is 2.15. The summed E-state index contributed by atoms with van der Waals surface area (Å²) in [6, 6.07) is 0.474. The zero-order valence-corrected chi connectivity index (χ0v) is 11.0. The van der Waals surface area contributed by atoms with Gasteiger partial charge in [-0.05, 0) is 33.4 Å². The van der Waals surface area contributed by atoms with Crippen molar-refractivity contribution < 1.29 is 4.74 Å². The second-order valence-corrected chi connectivity index (χ2v) is 4.77. The standard InChI is InChI=1S/C12H21N5O/c1-9-7-14-12(16-13)15-11(9)18-8-10-5-3-4-6-17(10)2/h7,10H,3-6,8,13H2,1-2H3,(H,14,15,16). The molecule has 1 unspecified atom stereocenters. The van der Waals surface area contributed by atoms with Crippen molar-refractivity contribution in [2.45, 2.75) is 32.2 Å². The zero-order valence-electron chi connectivity index (χ0n) is 11.0. The van der Waals surface area contributed by atoms with Crippen molar-refractivity contribution in [3.8, 4) is 5.88 Å². The van der Waals surface area contributed by atoms with E-state index in [9.17, 15) is 0 Å². The lowest BCUT2D eigenvalue weighted by Crippen LogP contribution is -2.40. The van der Waals surface area contributed by atoms with E-state index in [2.05, 4.69) is 27.3 Å². The number of aromatic nitrogens is 2. The Morgan fingerprint density at radius 1 is 1.56 bits per heavy atom. The molecule has 6 nitrogen and oxygen atoms in total. The number of nitrogens with two attached hydrogens (primary N) is 1. The number of hydrazine groups is 1. The van der Waals surface area contributed by atoms with Crippen LogP contribution < -0.4 is 16.0 Å². The third-order valence-electron chi connectivity index (χ3n) is 3.39. The van der Waals surface area contributed by atoms with Gasteiger partial charge >= 0.3 is 0 Å². The monoisotopic (exact) mass is 251 g/mol. The van der Waals surface area contributed by atoms with Crippen LogP contribution in [0.15, 0.2) is 6.20 Å². The number of rotatable bonds is 4. The minimum Gasteiger partial charge on any atom is -0.476 e. The third-order valence-corrected chi connectivity index (χ3v) is 3.39. The van der Waals surface area contributed by atoms with Crippen molar-refractivity contribution in [1.29, 1.82) is 0 Å². The smallest absolute Gasteiger partial charge is 0.240 e. The molecule has 0 bridgehead atoms. The van der Waals surface area contributed by atoms with E-state index in [1.807, 2.05) is 6.92 Å². The molecule has 0 radical (unpaired) electrons. The first kappa shape index (κ1) is 13.0. The van der Waals surface area contributed by atoms with E-state index in [4.69, 9.17) is 10.6 Å². The van der Waals surface area contributed by atoms with Crippen LogP contribution >= 0.6 is 0 Å². The van der Waals surface area contributed by atoms with Crippen LogP contribution in [0.2, 0.25) is 0 Å². The van der Waals surface area contributed by atoms with Gasteiger partial charge in [0.2, 0.25) is 11.8 Å². The first-order chi connectivity index (χ1) is 8.70. The van der Waals surface area contributed by atoms with Crippen molar-refractivity contribution in [2.75, 3.05) is 25.6 Å². The fourth-order valence-corrected chi connectivity index (χ4v) is 2.17. The van der Waals surface area contributed by atoms with Crippen LogP contribution in [0.3, 0.4) is 0 Å². The van der Waals surface area contributed by atoms with Crippen LogP contribution in [0.4, 0.5) is 5.95 Å². The average Bonchev–Trinajstić information content (AvgIpc) is 2.39. The largest absolute Gasteiger partial charge is 0.476 e. The Morgan fingerprint density at radius 2 is 2.39 bits per heavy atom. The SMILES string of the molecule is Cc1cnc(NN)nc1OCC1CCCCN1C. The molecule has 1 aromatic rings. The van der Waals surface area contributed by atoms with Crippen LogP contribution in [0.1, 0.15) is 24.8 Å². The van der Waals surface area contributed by atoms with Crippen molar-refractivity contribution in [1.82, 2.24) is 14.9 Å². The van der Waals surface area contributed by atoms with Gasteiger partial charge in [-0.1, -0.05) is 6.42 Å². The Labute approximate surface area is 108 Å². The summed E-state index contributed by atoms with van der Waals surface area (Å²) in [5.74, 6) is 6.28. The quantitative estimate of drug-likeness (QED) is 0.612. The summed E-state index contributed by atoms with van der Waals surface area (Å²) in [6.45, 7) is 3.74. The van der Waals surface area contributed by atoms with Crippen molar-refractivity contribution in [3.05, 3.63) is 11.8 Å². The first-order valence-electron chi connectivity index (χ1n) is 6.34. The molecule has 6 heteroatoms. The van der Waals surface area contributed by atoms with Crippen molar-refractivity contribution >= 4 is 5.95 Å². The van der Waals surface area contributed by atoms with Gasteiger partial charge in [0, 0.05) is 17.8 Å². The van der Waals surface area contributed by atoms with Gasteiger partial charge in [0.05, 0.1) is 0 Å². The van der Waals surface area contributed by atoms with Crippen LogP contribution in [0.5, 0.6) is 5.88 Å². The molecule has 0 saturated carbocycles. The van der Waals surface area contributed by atoms with Gasteiger partial charge in [-0.3, -0.25) is 5.43 Å². The number of likely N-dealkylation sites (tertiary alicyclic amines) is 1. The fourth-order valence-electron chi connectivity index (χ4n) is 2.17. The van der Waals surface area contributed by atoms with Crippen LogP contribution in [0, 0.1) is 6.92 Å². The topological polar surface area (TPSA) is 76.3 Å². The minimum atomic E-state index is 0.382. The maximum absolute atomic E-state index is 5.80. The molecule has 1 saturated heterocycles. The molecule has 1 atom stereocenters. The fraction of sp³-hybridized carbons (Fsp3) is 0.667. The Hall–Kier alpha value is -1.40. The summed E-state index contributed by atoms with van der Waals surface area (Å²) in [5.41, 5.74) is 3.35. The molecule has 2 rings (SSSR count). The maximum Gasteiger partial charge on any atom is 0.240 e. The van der Waals surface area contributed by atoms with Gasteiger partial charge in [-0.2, -0.15) is 4.98 Å². The Morgan fingerprint density at radius 3 is 3.11 bits per heavy atom. The van der Waals surface area contributed by atoms with Crippen LogP contribution in [0.25, 0.3) is 0 Å². The molecule has 2 heterocycles. The Kier molecular flexibility index (Phi) is 4.33. The van der Waals surface area contributed by atoms with Gasteiger partial charge in [0.25, 0.3) is 0 Å². The van der Waals surface area contributed by atoms with E-state index in [-0.39, 0.29) is 0 Å². The molecule has 0 aliphatic carbocycles. The number of anilines is 1. The van der Waals surface area contributed by atoms with E-state index < -0.39 is 0 Å². The second kappa shape index (κ2) is 5.97. The lowest BCUT2D eigenvalue weighted by atomic mass is 10.0. The number of hydrogen-bond donors (Lipinski definition) is 2. The normalized spacial score (nSPS) is 20.7. The zero-order chi connectivity index (χ0) is 13.0. The van der Waals surface area contributed by atoms with Gasteiger partial charge in [-0.25, -0.2) is 10.8 Å². The highest BCUT2D eigenvalue weighted by atomic mass is 16.5. The molecule has 1 fully saturated rings. The lowest BCUT2D eigenvalue weighted by Gasteiger charge is -2.32. The number of hydrogen-bond acceptors (Lipinski definition) is 6. The lowest BCUT2D eigenvalue weighted by molar-refractivity contribution is 0.122. The highest BCUT2D eigenvalue weighted by Crippen LogP contribution is 2.19. The first-order valence-corrected chi connectivity index (χ1v) is 6.34. The van der Waals surface area contributed by atoms with Crippen molar-refractivity contribution in [3.63, 3.8) is 0 Å². The van der Waals surface area contributed by atoms with Crippen molar-refractivity contribution in [2.24, 2.45) is 5.84 Å². The predicted molar refractivity (Wildman–Crippen MR) is 70.3 cm³/mol. The van der Waals surface area contributed by atoms with Crippen LogP contribution in [-0.2, 0) is 0 Å². The molecule has 1 aliphatic heterocycles. The number of ether oxygens (including phenoxy) is 1. The number of piperidine rings is 1. The molecule has 0 spiro atoms. The number of aryl methyl sites for hydroxylation is 1. The average molecular weight is 251 g/mol. The second-order valence-electron chi connectivity index (χ2n) is 4.77. The van der Waals surface area contributed by atoms with Gasteiger partial charge in [-0.15, -0.1) is 0 Å². The molecule has 1 aliphatic rings. The van der Waals surface area contributed by atoms with E-state index >= 15 is 0 Å². The molecular formula is C12H21N5O. The van der Waals surface area contributed by atoms with Crippen LogP contribution in [-0.4, -0.2) is 41.1 Å². The predicted octanol–water partition coefficient (Wildman–Crippen LogP) is 0.934. The number of nitrogens with zero attached hydrogens (tertiary/aromatic N) is 3. The Bertz CT molecular complexity index is 398. The molecule has 3 N–H and O–H groups in total. The van der Waals surface area contributed by atoms with E-state index in [1.165, 1.54) is 19.3 Å². The number of nitrogen functional groups attached to an aromatic ring is 1. The highest BCUT2D eigenvalue weighted by Gasteiger charge is 2.19. The van der Waals surface area contributed by atoms with Gasteiger partial charge in [0.1, 0.15) is 6.61 Å². The summed E-state index contributed by atoms with van der Waals surface area (Å²) in [6.07, 6.45) is 5.45. The molecule has 18 heavy (non-hydrogen) atoms. The molecule has 0 aromatic carbocycles. The number of nitrogens with one attached hydrogen (secondary N) is 1. The summed E-state index contributed by atoms with van der Waals surface area (Å²) in [5, 5.41) is 0. The number of likely N-dealkylation sites (N-methyl/N-ethyl adjacent to an activating group) is 1. The maximum atomic E-state index is 5.80. The molecule has 0 amide bonds. The van der Waals surface area contributed by atoms with E-state index in [0.717, 1.165) is 12.1 Å². The summed E-state index contributed by atoms with van der Waals surface area (Å²) < 4.78 is 5.80. The third kappa shape index (κ3) is 3.08. The summed E-state index contributed by atoms with van der Waals surface area (Å²) >= 11 is 0. The minimum absolute atomic E-state index is 0.382. The van der Waals surface area contributed by atoms with E-state index in [0.29, 0.717) is 24.5 Å². The highest BCUT2D eigenvalue weighted by molar-refractivity contribution is 5.31. The van der Waals surface area contributed by atoms with E-state index in [1.54, 1.807) is 6.20 Å². The Balaban J connectivity index is 1.96. The molecule has 100 valence electrons. The summed E-state index contributed by atoms with van der Waals surface area (Å²) in [4.78, 5) is 10.6. The molecular weight excluding hydrogens is 230 g/mol. The molecule has 1 aromatic heterocycles. The van der Waals surface area contributed by atoms with Gasteiger partial charge < -0.3 is 9.64 Å².